The van der Waals surface area contributed by atoms with Crippen molar-refractivity contribution in [1.82, 2.24) is 4.57 Å². The molecule has 3 aromatic rings. The lowest BCUT2D eigenvalue weighted by atomic mass is 10.2. The van der Waals surface area contributed by atoms with E-state index < -0.39 is 5.97 Å². The number of amides is 1. The van der Waals surface area contributed by atoms with Crippen LogP contribution in [0.4, 0.5) is 5.69 Å². The second-order valence-corrected chi connectivity index (χ2v) is 5.93. The Labute approximate surface area is 151 Å². The lowest BCUT2D eigenvalue weighted by molar-refractivity contribution is -0.116. The van der Waals surface area contributed by atoms with E-state index in [4.69, 9.17) is 9.47 Å². The topological polar surface area (TPSA) is 69.6 Å². The first-order chi connectivity index (χ1) is 12.5. The number of hydrogen-bond acceptors (Lipinski definition) is 4. The maximum Gasteiger partial charge on any atom is 0.340 e. The van der Waals surface area contributed by atoms with Gasteiger partial charge >= 0.3 is 5.97 Å². The molecule has 0 bridgehead atoms. The molecule has 1 heterocycles. The summed E-state index contributed by atoms with van der Waals surface area (Å²) >= 11 is 0. The fourth-order valence-corrected chi connectivity index (χ4v) is 2.91. The molecule has 3 rings (SSSR count). The molecule has 134 valence electrons. The summed E-state index contributed by atoms with van der Waals surface area (Å²) in [7, 11) is 2.90. The Morgan fingerprint density at radius 2 is 1.88 bits per heavy atom. The lowest BCUT2D eigenvalue weighted by Gasteiger charge is -2.12. The van der Waals surface area contributed by atoms with Gasteiger partial charge < -0.3 is 19.4 Å². The van der Waals surface area contributed by atoms with Gasteiger partial charge in [0, 0.05) is 17.1 Å². The minimum atomic E-state index is -0.430. The molecule has 0 aliphatic rings. The number of aryl methyl sites for hydroxylation is 1. The van der Waals surface area contributed by atoms with E-state index in [-0.39, 0.29) is 12.5 Å². The van der Waals surface area contributed by atoms with Crippen LogP contribution >= 0.6 is 0 Å². The summed E-state index contributed by atoms with van der Waals surface area (Å²) in [6.45, 7) is 2.01. The van der Waals surface area contributed by atoms with Crippen molar-refractivity contribution in [3.05, 3.63) is 59.8 Å². The van der Waals surface area contributed by atoms with Gasteiger partial charge in [0.2, 0.25) is 5.91 Å². The zero-order chi connectivity index (χ0) is 18.7. The van der Waals surface area contributed by atoms with E-state index in [1.54, 1.807) is 17.9 Å². The average Bonchev–Trinajstić information content (AvgIpc) is 3.00. The number of methoxy groups -OCH3 is 2. The zero-order valence-corrected chi connectivity index (χ0v) is 14.9. The highest BCUT2D eigenvalue weighted by Gasteiger charge is 2.17. The Balaban J connectivity index is 1.88. The number of para-hydroxylation sites is 1. The van der Waals surface area contributed by atoms with E-state index in [1.165, 1.54) is 7.11 Å². The fourth-order valence-electron chi connectivity index (χ4n) is 2.91. The van der Waals surface area contributed by atoms with Crippen LogP contribution in [0.5, 0.6) is 5.75 Å². The van der Waals surface area contributed by atoms with Crippen molar-refractivity contribution in [2.45, 2.75) is 13.5 Å². The van der Waals surface area contributed by atoms with Crippen LogP contribution in [0.25, 0.3) is 10.9 Å². The third kappa shape index (κ3) is 3.39. The van der Waals surface area contributed by atoms with Gasteiger partial charge in [-0.25, -0.2) is 4.79 Å². The van der Waals surface area contributed by atoms with Gasteiger partial charge in [-0.3, -0.25) is 4.79 Å². The number of esters is 1. The number of benzene rings is 2. The molecule has 0 unspecified atom stereocenters. The number of anilines is 1. The van der Waals surface area contributed by atoms with Crippen LogP contribution < -0.4 is 10.1 Å². The third-order valence-corrected chi connectivity index (χ3v) is 4.14. The van der Waals surface area contributed by atoms with E-state index in [0.717, 1.165) is 16.5 Å². The predicted molar refractivity (Wildman–Crippen MR) is 99.6 cm³/mol. The molecule has 0 radical (unpaired) electrons. The second-order valence-electron chi connectivity index (χ2n) is 5.93. The summed E-state index contributed by atoms with van der Waals surface area (Å²) in [5.41, 5.74) is 2.85. The minimum Gasteiger partial charge on any atom is -0.495 e. The summed E-state index contributed by atoms with van der Waals surface area (Å²) in [5, 5.41) is 3.62. The molecule has 0 fully saturated rings. The second kappa shape index (κ2) is 7.31. The summed E-state index contributed by atoms with van der Waals surface area (Å²) in [4.78, 5) is 24.5. The smallest absolute Gasteiger partial charge is 0.340 e. The average molecular weight is 352 g/mol. The van der Waals surface area contributed by atoms with Gasteiger partial charge in [-0.2, -0.15) is 0 Å². The number of nitrogens with zero attached hydrogens (tertiary/aromatic N) is 1. The molecule has 0 spiro atoms. The van der Waals surface area contributed by atoms with Crippen molar-refractivity contribution in [2.75, 3.05) is 19.5 Å². The molecule has 1 aromatic heterocycles. The largest absolute Gasteiger partial charge is 0.495 e. The van der Waals surface area contributed by atoms with E-state index in [2.05, 4.69) is 5.32 Å². The van der Waals surface area contributed by atoms with Gasteiger partial charge in [-0.1, -0.05) is 24.3 Å². The Kier molecular flexibility index (Phi) is 4.93. The molecule has 0 aliphatic carbocycles. The fraction of sp³-hybridized carbons (Fsp3) is 0.200. The van der Waals surface area contributed by atoms with Gasteiger partial charge in [-0.05, 0) is 30.7 Å². The molecule has 1 N–H and O–H groups in total. The minimum absolute atomic E-state index is 0.0641. The van der Waals surface area contributed by atoms with Crippen LogP contribution in [0, 0.1) is 6.92 Å². The molecule has 0 saturated heterocycles. The normalized spacial score (nSPS) is 10.6. The summed E-state index contributed by atoms with van der Waals surface area (Å²) < 4.78 is 11.9. The van der Waals surface area contributed by atoms with Crippen LogP contribution in [0.15, 0.2) is 48.7 Å². The molecular formula is C20H20N2O4. The van der Waals surface area contributed by atoms with Crippen LogP contribution in [-0.2, 0) is 16.1 Å². The number of carbonyl (C=O) groups excluding carboxylic acids is 2. The van der Waals surface area contributed by atoms with Crippen LogP contribution in [0.1, 0.15) is 15.9 Å². The highest BCUT2D eigenvalue weighted by atomic mass is 16.5. The molecule has 0 atom stereocenters. The maximum absolute atomic E-state index is 12.5. The first kappa shape index (κ1) is 17.5. The highest BCUT2D eigenvalue weighted by Crippen LogP contribution is 2.26. The number of carbonyl (C=O) groups is 2. The Morgan fingerprint density at radius 3 is 2.62 bits per heavy atom. The predicted octanol–water partition coefficient (Wildman–Crippen LogP) is 3.38. The summed E-state index contributed by atoms with van der Waals surface area (Å²) in [6.07, 6.45) is 1.64. The number of nitrogens with one attached hydrogen (secondary N) is 1. The molecule has 0 saturated carbocycles. The molecule has 2 aromatic carbocycles. The van der Waals surface area contributed by atoms with Gasteiger partial charge in [0.15, 0.2) is 0 Å². The van der Waals surface area contributed by atoms with Crippen LogP contribution in [-0.4, -0.2) is 30.7 Å². The first-order valence-corrected chi connectivity index (χ1v) is 8.14. The maximum atomic E-state index is 12.5. The van der Waals surface area contributed by atoms with E-state index in [1.807, 2.05) is 49.4 Å². The van der Waals surface area contributed by atoms with Gasteiger partial charge in [-0.15, -0.1) is 0 Å². The number of aromatic nitrogens is 1. The van der Waals surface area contributed by atoms with Crippen molar-refractivity contribution in [3.8, 4) is 5.75 Å². The standard InChI is InChI=1S/C20H20N2O4/c1-13-8-9-18(25-2)16(10-13)21-19(23)12-22-11-15(20(24)26-3)14-6-4-5-7-17(14)22/h4-11H,12H2,1-3H3,(H,21,23). The Morgan fingerprint density at radius 1 is 1.12 bits per heavy atom. The monoisotopic (exact) mass is 352 g/mol. The Hall–Kier alpha value is -3.28. The summed E-state index contributed by atoms with van der Waals surface area (Å²) in [6, 6.07) is 13.0. The van der Waals surface area contributed by atoms with Crippen molar-refractivity contribution in [3.63, 3.8) is 0 Å². The SMILES string of the molecule is COC(=O)c1cn(CC(=O)Nc2cc(C)ccc2OC)c2ccccc12. The third-order valence-electron chi connectivity index (χ3n) is 4.14. The van der Waals surface area contributed by atoms with Gasteiger partial charge in [0.25, 0.3) is 0 Å². The van der Waals surface area contributed by atoms with Crippen molar-refractivity contribution >= 4 is 28.5 Å². The summed E-state index contributed by atoms with van der Waals surface area (Å²) in [5.74, 6) is -0.0525. The van der Waals surface area contributed by atoms with Gasteiger partial charge in [0.05, 0.1) is 25.5 Å². The number of rotatable bonds is 5. The molecule has 6 heteroatoms. The first-order valence-electron chi connectivity index (χ1n) is 8.14. The molecule has 0 aliphatic heterocycles. The van der Waals surface area contributed by atoms with E-state index >= 15 is 0 Å². The molecular weight excluding hydrogens is 332 g/mol. The van der Waals surface area contributed by atoms with Crippen molar-refractivity contribution in [2.24, 2.45) is 0 Å². The van der Waals surface area contributed by atoms with Crippen LogP contribution in [0.3, 0.4) is 0 Å². The number of ether oxygens (including phenoxy) is 2. The number of hydrogen-bond donors (Lipinski definition) is 1. The van der Waals surface area contributed by atoms with Gasteiger partial charge in [0.1, 0.15) is 12.3 Å². The zero-order valence-electron chi connectivity index (χ0n) is 14.9. The number of fused-ring (bicyclic) bond motifs is 1. The quantitative estimate of drug-likeness (QED) is 0.715. The molecule has 1 amide bonds. The molecule has 26 heavy (non-hydrogen) atoms. The van der Waals surface area contributed by atoms with E-state index in [9.17, 15) is 9.59 Å². The highest BCUT2D eigenvalue weighted by molar-refractivity contribution is 6.05. The lowest BCUT2D eigenvalue weighted by Crippen LogP contribution is -2.18. The molecule has 6 nitrogen and oxygen atoms in total. The Bertz CT molecular complexity index is 975. The van der Waals surface area contributed by atoms with Crippen LogP contribution in [0.2, 0.25) is 0 Å². The van der Waals surface area contributed by atoms with E-state index in [0.29, 0.717) is 17.0 Å². The van der Waals surface area contributed by atoms with Crippen molar-refractivity contribution < 1.29 is 19.1 Å². The van der Waals surface area contributed by atoms with Crippen molar-refractivity contribution in [1.29, 1.82) is 0 Å².